The molecule has 5 nitrogen and oxygen atoms in total. The van der Waals surface area contributed by atoms with Crippen molar-refractivity contribution in [2.75, 3.05) is 6.54 Å². The molecule has 0 saturated carbocycles. The van der Waals surface area contributed by atoms with Gasteiger partial charge in [-0.15, -0.1) is 0 Å². The molecule has 0 saturated heterocycles. The van der Waals surface area contributed by atoms with Gasteiger partial charge in [0, 0.05) is 13.1 Å². The second-order valence-corrected chi connectivity index (χ2v) is 3.37. The monoisotopic (exact) mass is 198 g/mol. The fraction of sp³-hybridized carbons (Fsp3) is 0.778. The number of likely N-dealkylation sites (N-methyl/N-ethyl adjacent to an activating group) is 1. The van der Waals surface area contributed by atoms with Gasteiger partial charge in [0.15, 0.2) is 0 Å². The van der Waals surface area contributed by atoms with E-state index in [0.717, 1.165) is 13.0 Å². The average molecular weight is 198 g/mol. The first kappa shape index (κ1) is 11.0. The lowest BCUT2D eigenvalue weighted by Gasteiger charge is -2.14. The predicted molar refractivity (Wildman–Crippen MR) is 55.2 cm³/mol. The van der Waals surface area contributed by atoms with E-state index in [0.29, 0.717) is 12.6 Å². The first-order chi connectivity index (χ1) is 6.69. The molecule has 0 aromatic carbocycles. The van der Waals surface area contributed by atoms with E-state index in [1.807, 2.05) is 0 Å². The summed E-state index contributed by atoms with van der Waals surface area (Å²) >= 11 is 0. The topological polar surface area (TPSA) is 51.9 Å². The lowest BCUT2D eigenvalue weighted by Crippen LogP contribution is -2.36. The molecule has 0 aliphatic rings. The number of aromatic nitrogens is 3. The highest BCUT2D eigenvalue weighted by Gasteiger charge is 2.08. The maximum atomic E-state index is 11.5. The van der Waals surface area contributed by atoms with Crippen molar-refractivity contribution in [3.63, 3.8) is 0 Å². The molecular formula is C9H18N4O. The molecular weight excluding hydrogens is 180 g/mol. The normalized spacial score (nSPS) is 13.1. The average Bonchev–Trinajstić information content (AvgIpc) is 2.49. The standard InChI is InChI=1S/C9H18N4O/c1-4-8(10-5-2)6-13-9(14)12(3)7-11-13/h7-8,10H,4-6H2,1-3H3. The van der Waals surface area contributed by atoms with Crippen molar-refractivity contribution < 1.29 is 0 Å². The lowest BCUT2D eigenvalue weighted by molar-refractivity contribution is 0.415. The Morgan fingerprint density at radius 1 is 1.57 bits per heavy atom. The molecule has 1 aromatic rings. The van der Waals surface area contributed by atoms with Gasteiger partial charge in [-0.1, -0.05) is 13.8 Å². The molecule has 0 aliphatic heterocycles. The molecule has 1 heterocycles. The molecule has 0 amide bonds. The highest BCUT2D eigenvalue weighted by Crippen LogP contribution is 1.92. The highest BCUT2D eigenvalue weighted by molar-refractivity contribution is 4.70. The Morgan fingerprint density at radius 2 is 2.29 bits per heavy atom. The number of rotatable bonds is 5. The lowest BCUT2D eigenvalue weighted by atomic mass is 10.2. The third kappa shape index (κ3) is 2.45. The van der Waals surface area contributed by atoms with Crippen LogP contribution < -0.4 is 11.0 Å². The van der Waals surface area contributed by atoms with Gasteiger partial charge in [0.05, 0.1) is 6.54 Å². The summed E-state index contributed by atoms with van der Waals surface area (Å²) in [5.41, 5.74) is -0.0543. The highest BCUT2D eigenvalue weighted by atomic mass is 16.2. The summed E-state index contributed by atoms with van der Waals surface area (Å²) in [6.07, 6.45) is 2.54. The number of nitrogens with one attached hydrogen (secondary N) is 1. The van der Waals surface area contributed by atoms with Gasteiger partial charge < -0.3 is 5.32 Å². The molecule has 0 aliphatic carbocycles. The Morgan fingerprint density at radius 3 is 2.71 bits per heavy atom. The van der Waals surface area contributed by atoms with Gasteiger partial charge in [-0.05, 0) is 13.0 Å². The molecule has 1 rings (SSSR count). The Hall–Kier alpha value is -1.10. The summed E-state index contributed by atoms with van der Waals surface area (Å²) in [5, 5.41) is 7.32. The van der Waals surface area contributed by atoms with E-state index >= 15 is 0 Å². The molecule has 5 heteroatoms. The second kappa shape index (κ2) is 4.95. The SMILES string of the molecule is CCNC(CC)Cn1ncn(C)c1=O. The van der Waals surface area contributed by atoms with Crippen molar-refractivity contribution in [3.05, 3.63) is 16.8 Å². The van der Waals surface area contributed by atoms with Crippen molar-refractivity contribution >= 4 is 0 Å². The van der Waals surface area contributed by atoms with Gasteiger partial charge in [-0.25, -0.2) is 9.48 Å². The van der Waals surface area contributed by atoms with E-state index in [1.54, 1.807) is 13.4 Å². The van der Waals surface area contributed by atoms with Gasteiger partial charge in [0.2, 0.25) is 0 Å². The predicted octanol–water partition coefficient (Wildman–Crippen LogP) is -0.0301. The van der Waals surface area contributed by atoms with Crippen LogP contribution in [0.15, 0.2) is 11.1 Å². The zero-order chi connectivity index (χ0) is 10.6. The van der Waals surface area contributed by atoms with Crippen molar-refractivity contribution in [2.24, 2.45) is 7.05 Å². The van der Waals surface area contributed by atoms with E-state index in [-0.39, 0.29) is 5.69 Å². The summed E-state index contributed by atoms with van der Waals surface area (Å²) in [6, 6.07) is 0.326. The summed E-state index contributed by atoms with van der Waals surface area (Å²) in [4.78, 5) is 11.5. The minimum atomic E-state index is -0.0543. The molecule has 0 spiro atoms. The van der Waals surface area contributed by atoms with Gasteiger partial charge >= 0.3 is 5.69 Å². The summed E-state index contributed by atoms with van der Waals surface area (Å²) < 4.78 is 2.98. The number of hydrogen-bond donors (Lipinski definition) is 1. The van der Waals surface area contributed by atoms with Gasteiger partial charge in [0.1, 0.15) is 6.33 Å². The molecule has 1 N–H and O–H groups in total. The third-order valence-electron chi connectivity index (χ3n) is 2.27. The molecule has 1 aromatic heterocycles. The number of hydrogen-bond acceptors (Lipinski definition) is 3. The molecule has 0 radical (unpaired) electrons. The van der Waals surface area contributed by atoms with Crippen molar-refractivity contribution in [1.82, 2.24) is 19.7 Å². The first-order valence-electron chi connectivity index (χ1n) is 5.00. The zero-order valence-corrected chi connectivity index (χ0v) is 9.03. The van der Waals surface area contributed by atoms with Crippen molar-refractivity contribution in [2.45, 2.75) is 32.9 Å². The van der Waals surface area contributed by atoms with Crippen LogP contribution in [0.1, 0.15) is 20.3 Å². The maximum Gasteiger partial charge on any atom is 0.345 e. The minimum Gasteiger partial charge on any atom is -0.312 e. The molecule has 0 bridgehead atoms. The van der Waals surface area contributed by atoms with Crippen LogP contribution in [0.5, 0.6) is 0 Å². The maximum absolute atomic E-state index is 11.5. The minimum absolute atomic E-state index is 0.0543. The van der Waals surface area contributed by atoms with E-state index in [4.69, 9.17) is 0 Å². The quantitative estimate of drug-likeness (QED) is 0.723. The van der Waals surface area contributed by atoms with E-state index in [9.17, 15) is 4.79 Å². The van der Waals surface area contributed by atoms with Gasteiger partial charge in [-0.3, -0.25) is 4.57 Å². The Balaban J connectivity index is 2.67. The smallest absolute Gasteiger partial charge is 0.312 e. The summed E-state index contributed by atoms with van der Waals surface area (Å²) in [6.45, 7) is 5.72. The number of nitrogens with zero attached hydrogens (tertiary/aromatic N) is 3. The summed E-state index contributed by atoms with van der Waals surface area (Å²) in [5.74, 6) is 0. The Labute approximate surface area is 83.7 Å². The molecule has 0 fully saturated rings. The van der Waals surface area contributed by atoms with E-state index in [2.05, 4.69) is 24.3 Å². The van der Waals surface area contributed by atoms with Crippen LogP contribution in [0.4, 0.5) is 0 Å². The number of aryl methyl sites for hydroxylation is 1. The van der Waals surface area contributed by atoms with E-state index < -0.39 is 0 Å². The molecule has 1 atom stereocenters. The van der Waals surface area contributed by atoms with Crippen LogP contribution in [0.2, 0.25) is 0 Å². The first-order valence-corrected chi connectivity index (χ1v) is 5.00. The zero-order valence-electron chi connectivity index (χ0n) is 9.03. The van der Waals surface area contributed by atoms with Crippen molar-refractivity contribution in [1.29, 1.82) is 0 Å². The van der Waals surface area contributed by atoms with Gasteiger partial charge in [-0.2, -0.15) is 5.10 Å². The van der Waals surface area contributed by atoms with Crippen LogP contribution >= 0.6 is 0 Å². The molecule has 80 valence electrons. The Bertz CT molecular complexity index is 328. The fourth-order valence-corrected chi connectivity index (χ4v) is 1.38. The van der Waals surface area contributed by atoms with Crippen molar-refractivity contribution in [3.8, 4) is 0 Å². The van der Waals surface area contributed by atoms with Crippen LogP contribution in [0.25, 0.3) is 0 Å². The van der Waals surface area contributed by atoms with Gasteiger partial charge in [0.25, 0.3) is 0 Å². The van der Waals surface area contributed by atoms with Crippen LogP contribution in [-0.4, -0.2) is 26.9 Å². The van der Waals surface area contributed by atoms with Crippen LogP contribution in [0.3, 0.4) is 0 Å². The largest absolute Gasteiger partial charge is 0.345 e. The van der Waals surface area contributed by atoms with E-state index in [1.165, 1.54) is 9.25 Å². The fourth-order valence-electron chi connectivity index (χ4n) is 1.38. The van der Waals surface area contributed by atoms with Crippen LogP contribution in [-0.2, 0) is 13.6 Å². The Kier molecular flexibility index (Phi) is 3.88. The molecule has 1 unspecified atom stereocenters. The molecule has 14 heavy (non-hydrogen) atoms. The second-order valence-electron chi connectivity index (χ2n) is 3.37. The third-order valence-corrected chi connectivity index (χ3v) is 2.27. The van der Waals surface area contributed by atoms with Crippen LogP contribution in [0, 0.1) is 0 Å². The summed E-state index contributed by atoms with van der Waals surface area (Å²) in [7, 11) is 1.71.